The number of hydrogen-bond acceptors (Lipinski definition) is 5. The molecule has 1 saturated carbocycles. The summed E-state index contributed by atoms with van der Waals surface area (Å²) in [6, 6.07) is 11.1. The maximum Gasteiger partial charge on any atom is 0.189 e. The van der Waals surface area contributed by atoms with E-state index in [-0.39, 0.29) is 12.6 Å². The summed E-state index contributed by atoms with van der Waals surface area (Å²) in [6.07, 6.45) is 2.32. The van der Waals surface area contributed by atoms with Crippen LogP contribution < -0.4 is 4.74 Å². The molecule has 0 saturated heterocycles. The number of ether oxygens (including phenoxy) is 2. The molecule has 0 spiro atoms. The first-order valence-corrected chi connectivity index (χ1v) is 9.68. The van der Waals surface area contributed by atoms with Crippen LogP contribution in [0.15, 0.2) is 41.4 Å². The Bertz CT molecular complexity index is 991. The van der Waals surface area contributed by atoms with Crippen molar-refractivity contribution in [1.29, 1.82) is 0 Å². The number of rotatable bonds is 4. The monoisotopic (exact) mass is 368 g/mol. The van der Waals surface area contributed by atoms with Crippen LogP contribution in [-0.2, 0) is 17.1 Å². The van der Waals surface area contributed by atoms with E-state index in [0.717, 1.165) is 51.5 Å². The van der Waals surface area contributed by atoms with Gasteiger partial charge < -0.3 is 9.47 Å². The van der Waals surface area contributed by atoms with Gasteiger partial charge in [0.05, 0.1) is 12.1 Å². The van der Waals surface area contributed by atoms with Crippen LogP contribution in [0.5, 0.6) is 5.75 Å². The van der Waals surface area contributed by atoms with Crippen molar-refractivity contribution in [2.45, 2.75) is 36.1 Å². The first kappa shape index (κ1) is 16.0. The average molecular weight is 368 g/mol. The Hall–Kier alpha value is -2.18. The molecule has 0 atom stereocenters. The zero-order valence-corrected chi connectivity index (χ0v) is 14.9. The van der Waals surface area contributed by atoms with Crippen molar-refractivity contribution in [1.82, 2.24) is 9.97 Å². The quantitative estimate of drug-likeness (QED) is 0.489. The summed E-state index contributed by atoms with van der Waals surface area (Å²) in [5, 5.41) is 1.99. The first-order chi connectivity index (χ1) is 12.8. The number of para-hydroxylation sites is 1. The summed E-state index contributed by atoms with van der Waals surface area (Å²) >= 11 is 1.61. The van der Waals surface area contributed by atoms with Crippen LogP contribution in [0.3, 0.4) is 0 Å². The summed E-state index contributed by atoms with van der Waals surface area (Å²) in [7, 11) is 0. The van der Waals surface area contributed by atoms with Crippen LogP contribution in [0, 0.1) is 5.82 Å². The molecule has 6 heteroatoms. The van der Waals surface area contributed by atoms with Gasteiger partial charge in [-0.25, -0.2) is 14.4 Å². The maximum atomic E-state index is 14.0. The molecule has 0 radical (unpaired) electrons. The average Bonchev–Trinajstić information content (AvgIpc) is 3.51. The van der Waals surface area contributed by atoms with Gasteiger partial charge in [0, 0.05) is 28.2 Å². The predicted molar refractivity (Wildman–Crippen MR) is 97.8 cm³/mol. The molecule has 0 bridgehead atoms. The van der Waals surface area contributed by atoms with E-state index in [4.69, 9.17) is 19.4 Å². The number of thioether (sulfide) groups is 1. The summed E-state index contributed by atoms with van der Waals surface area (Å²) in [6.45, 7) is 0.589. The summed E-state index contributed by atoms with van der Waals surface area (Å²) < 4.78 is 24.8. The molecule has 2 aliphatic rings. The van der Waals surface area contributed by atoms with Crippen molar-refractivity contribution in [2.24, 2.45) is 0 Å². The lowest BCUT2D eigenvalue weighted by Gasteiger charge is -2.20. The second kappa shape index (κ2) is 6.52. The number of nitrogens with zero attached hydrogens (tertiary/aromatic N) is 2. The first-order valence-electron chi connectivity index (χ1n) is 8.69. The van der Waals surface area contributed by atoms with Crippen LogP contribution in [0.4, 0.5) is 4.39 Å². The Labute approximate surface area is 154 Å². The lowest BCUT2D eigenvalue weighted by Crippen LogP contribution is -2.13. The molecule has 0 amide bonds. The minimum atomic E-state index is -0.264. The summed E-state index contributed by atoms with van der Waals surface area (Å²) in [5.41, 5.74) is 2.57. The highest BCUT2D eigenvalue weighted by Crippen LogP contribution is 2.41. The molecule has 1 aliphatic heterocycles. The molecule has 3 aromatic rings. The molecule has 1 fully saturated rings. The Morgan fingerprint density at radius 3 is 2.92 bits per heavy atom. The van der Waals surface area contributed by atoms with Gasteiger partial charge in [0.15, 0.2) is 6.79 Å². The third kappa shape index (κ3) is 3.04. The fourth-order valence-electron chi connectivity index (χ4n) is 3.21. The highest BCUT2D eigenvalue weighted by molar-refractivity contribution is 7.98. The van der Waals surface area contributed by atoms with Gasteiger partial charge in [-0.2, -0.15) is 0 Å². The van der Waals surface area contributed by atoms with Crippen molar-refractivity contribution in [2.75, 3.05) is 6.79 Å². The normalized spacial score (nSPS) is 16.3. The molecule has 2 aromatic carbocycles. The van der Waals surface area contributed by atoms with Crippen molar-refractivity contribution < 1.29 is 13.9 Å². The van der Waals surface area contributed by atoms with Crippen LogP contribution in [0.25, 0.3) is 10.9 Å². The topological polar surface area (TPSA) is 44.2 Å². The molecule has 5 rings (SSSR count). The Kier molecular flexibility index (Phi) is 4.02. The van der Waals surface area contributed by atoms with Crippen LogP contribution in [0.1, 0.15) is 35.7 Å². The van der Waals surface area contributed by atoms with Crippen LogP contribution in [0.2, 0.25) is 0 Å². The minimum Gasteiger partial charge on any atom is -0.467 e. The van der Waals surface area contributed by atoms with Crippen LogP contribution in [-0.4, -0.2) is 16.8 Å². The van der Waals surface area contributed by atoms with E-state index in [2.05, 4.69) is 0 Å². The molecular formula is C20H17FN2O2S. The zero-order valence-electron chi connectivity index (χ0n) is 14.1. The number of benzene rings is 2. The van der Waals surface area contributed by atoms with E-state index in [1.54, 1.807) is 17.8 Å². The lowest BCUT2D eigenvalue weighted by atomic mass is 10.1. The molecule has 0 N–H and O–H groups in total. The molecule has 132 valence electrons. The molecular weight excluding hydrogens is 351 g/mol. The maximum absolute atomic E-state index is 14.0. The number of fused-ring (bicyclic) bond motifs is 2. The van der Waals surface area contributed by atoms with Gasteiger partial charge in [-0.15, -0.1) is 11.8 Å². The highest BCUT2D eigenvalue weighted by Gasteiger charge is 2.27. The smallest absolute Gasteiger partial charge is 0.189 e. The van der Waals surface area contributed by atoms with Gasteiger partial charge in [-0.3, -0.25) is 0 Å². The van der Waals surface area contributed by atoms with Crippen molar-refractivity contribution in [3.63, 3.8) is 0 Å². The van der Waals surface area contributed by atoms with E-state index >= 15 is 0 Å². The lowest BCUT2D eigenvalue weighted by molar-refractivity contribution is -0.0171. The SMILES string of the molecule is Fc1cc2c(c(CSc3nc(C4CC4)nc4ccccc34)c1)OCOC2. The molecule has 0 unspecified atom stereocenters. The third-order valence-electron chi connectivity index (χ3n) is 4.64. The van der Waals surface area contributed by atoms with E-state index in [1.165, 1.54) is 6.07 Å². The van der Waals surface area contributed by atoms with Gasteiger partial charge in [0.25, 0.3) is 0 Å². The Morgan fingerprint density at radius 1 is 1.15 bits per heavy atom. The van der Waals surface area contributed by atoms with Crippen molar-refractivity contribution in [3.05, 3.63) is 59.2 Å². The summed E-state index contributed by atoms with van der Waals surface area (Å²) in [5.74, 6) is 2.48. The van der Waals surface area contributed by atoms with Gasteiger partial charge >= 0.3 is 0 Å². The molecule has 1 aliphatic carbocycles. The van der Waals surface area contributed by atoms with E-state index in [1.807, 2.05) is 24.3 Å². The summed E-state index contributed by atoms with van der Waals surface area (Å²) in [4.78, 5) is 9.52. The Balaban J connectivity index is 1.50. The van der Waals surface area contributed by atoms with Gasteiger partial charge in [-0.05, 0) is 31.0 Å². The van der Waals surface area contributed by atoms with Crippen molar-refractivity contribution >= 4 is 22.7 Å². The van der Waals surface area contributed by atoms with E-state index < -0.39 is 0 Å². The zero-order chi connectivity index (χ0) is 17.5. The van der Waals surface area contributed by atoms with Crippen LogP contribution >= 0.6 is 11.8 Å². The highest BCUT2D eigenvalue weighted by atomic mass is 32.2. The number of aromatic nitrogens is 2. The van der Waals surface area contributed by atoms with Crippen molar-refractivity contribution in [3.8, 4) is 5.75 Å². The predicted octanol–water partition coefficient (Wildman–Crippen LogP) is 4.81. The third-order valence-corrected chi connectivity index (χ3v) is 5.68. The standard InChI is InChI=1S/C20H17FN2O2S/c21-15-7-13-9-24-11-25-18(13)14(8-15)10-26-20-16-3-1-2-4-17(16)22-19(23-20)12-5-6-12/h1-4,7-8,12H,5-6,9-11H2. The fraction of sp³-hybridized carbons (Fsp3) is 0.300. The van der Waals surface area contributed by atoms with Gasteiger partial charge in [-0.1, -0.05) is 18.2 Å². The number of hydrogen-bond donors (Lipinski definition) is 0. The number of halogens is 1. The van der Waals surface area contributed by atoms with E-state index in [9.17, 15) is 4.39 Å². The molecule has 1 aromatic heterocycles. The molecule has 26 heavy (non-hydrogen) atoms. The van der Waals surface area contributed by atoms with Gasteiger partial charge in [0.1, 0.15) is 22.4 Å². The largest absolute Gasteiger partial charge is 0.467 e. The molecule has 4 nitrogen and oxygen atoms in total. The molecule has 2 heterocycles. The second-order valence-electron chi connectivity index (χ2n) is 6.63. The second-order valence-corrected chi connectivity index (χ2v) is 7.59. The fourth-order valence-corrected chi connectivity index (χ4v) is 4.20. The minimum absolute atomic E-state index is 0.207. The Morgan fingerprint density at radius 2 is 2.04 bits per heavy atom. The van der Waals surface area contributed by atoms with Gasteiger partial charge in [0.2, 0.25) is 0 Å². The van der Waals surface area contributed by atoms with E-state index in [0.29, 0.717) is 18.3 Å².